The third-order valence-corrected chi connectivity index (χ3v) is 3.42. The molecule has 18 heavy (non-hydrogen) atoms. The Morgan fingerprint density at radius 3 is 2.44 bits per heavy atom. The molecule has 0 heterocycles. The second-order valence-electron chi connectivity index (χ2n) is 4.87. The van der Waals surface area contributed by atoms with E-state index < -0.39 is 10.1 Å². The predicted octanol–water partition coefficient (Wildman–Crippen LogP) is 0.0330. The molecule has 0 aliphatic carbocycles. The van der Waals surface area contributed by atoms with Gasteiger partial charge in [0, 0.05) is 0 Å². The zero-order valence-corrected chi connectivity index (χ0v) is 11.9. The van der Waals surface area contributed by atoms with Crippen LogP contribution in [-0.2, 0) is 14.9 Å². The number of rotatable bonds is 9. The van der Waals surface area contributed by atoms with E-state index in [9.17, 15) is 13.2 Å². The molecule has 0 radical (unpaired) electrons. The van der Waals surface area contributed by atoms with Crippen molar-refractivity contribution in [1.29, 1.82) is 0 Å². The Bertz CT molecular complexity index is 377. The largest absolute Gasteiger partial charge is 0.347 e. The third kappa shape index (κ3) is 10.2. The Balaban J connectivity index is 3.79. The van der Waals surface area contributed by atoms with E-state index in [1.54, 1.807) is 0 Å². The molecule has 106 valence electrons. The minimum absolute atomic E-state index is 0.193. The van der Waals surface area contributed by atoms with Crippen LogP contribution in [0.1, 0.15) is 12.8 Å². The van der Waals surface area contributed by atoms with Gasteiger partial charge in [-0.1, -0.05) is 6.58 Å². The molecule has 0 aromatic rings. The minimum atomic E-state index is -3.85. The van der Waals surface area contributed by atoms with E-state index in [2.05, 4.69) is 11.9 Å². The van der Waals surface area contributed by atoms with Gasteiger partial charge in [-0.15, -0.1) is 0 Å². The summed E-state index contributed by atoms with van der Waals surface area (Å²) in [6.07, 6.45) is 2.38. The van der Waals surface area contributed by atoms with Gasteiger partial charge in [0.15, 0.2) is 0 Å². The number of carbonyl (C=O) groups excluding carboxylic acids is 1. The number of hydrogen-bond acceptors (Lipinski definition) is 3. The maximum atomic E-state index is 10.9. The van der Waals surface area contributed by atoms with Crippen LogP contribution >= 0.6 is 0 Å². The average Bonchev–Trinajstić information content (AvgIpc) is 2.23. The first-order chi connectivity index (χ1) is 8.16. The van der Waals surface area contributed by atoms with E-state index in [1.165, 1.54) is 6.08 Å². The lowest BCUT2D eigenvalue weighted by Gasteiger charge is -2.29. The van der Waals surface area contributed by atoms with Gasteiger partial charge >= 0.3 is 0 Å². The van der Waals surface area contributed by atoms with E-state index >= 15 is 0 Å². The van der Waals surface area contributed by atoms with E-state index in [4.69, 9.17) is 4.55 Å². The maximum absolute atomic E-state index is 10.9. The predicted molar refractivity (Wildman–Crippen MR) is 70.7 cm³/mol. The fraction of sp³-hybridized carbons (Fsp3) is 0.727. The van der Waals surface area contributed by atoms with Crippen LogP contribution < -0.4 is 5.32 Å². The molecule has 6 nitrogen and oxygen atoms in total. The van der Waals surface area contributed by atoms with Gasteiger partial charge in [-0.25, -0.2) is 0 Å². The molecule has 0 atom stereocenters. The third-order valence-electron chi connectivity index (χ3n) is 2.62. The van der Waals surface area contributed by atoms with E-state index in [1.807, 2.05) is 14.1 Å². The Hall–Kier alpha value is -0.920. The summed E-state index contributed by atoms with van der Waals surface area (Å²) in [5.41, 5.74) is 0. The van der Waals surface area contributed by atoms with Crippen molar-refractivity contribution >= 4 is 16.0 Å². The molecular formula is C11H23N2O4S+. The van der Waals surface area contributed by atoms with Crippen LogP contribution in [0.4, 0.5) is 0 Å². The summed E-state index contributed by atoms with van der Waals surface area (Å²) in [4.78, 5) is 10.9. The van der Waals surface area contributed by atoms with Gasteiger partial charge in [0.25, 0.3) is 10.1 Å². The van der Waals surface area contributed by atoms with Crippen LogP contribution in [0.15, 0.2) is 12.7 Å². The molecule has 0 unspecified atom stereocenters. The first-order valence-electron chi connectivity index (χ1n) is 5.84. The topological polar surface area (TPSA) is 83.5 Å². The highest BCUT2D eigenvalue weighted by atomic mass is 32.2. The minimum Gasteiger partial charge on any atom is -0.347 e. The smallest absolute Gasteiger partial charge is 0.264 e. The number of amides is 1. The fourth-order valence-electron chi connectivity index (χ4n) is 1.49. The Kier molecular flexibility index (Phi) is 7.12. The van der Waals surface area contributed by atoms with Crippen LogP contribution in [0.5, 0.6) is 0 Å². The number of nitrogens with zero attached hydrogens (tertiary/aromatic N) is 1. The molecule has 0 aliphatic heterocycles. The second kappa shape index (κ2) is 7.50. The number of nitrogens with one attached hydrogen (secondary N) is 1. The van der Waals surface area contributed by atoms with Gasteiger partial charge in [-0.3, -0.25) is 9.35 Å². The van der Waals surface area contributed by atoms with Crippen molar-refractivity contribution in [3.63, 3.8) is 0 Å². The normalized spacial score (nSPS) is 12.2. The van der Waals surface area contributed by atoms with Gasteiger partial charge in [0.05, 0.1) is 39.5 Å². The Morgan fingerprint density at radius 2 is 1.94 bits per heavy atom. The number of carbonyl (C=O) groups is 1. The molecule has 0 saturated heterocycles. The number of quaternary nitrogens is 1. The van der Waals surface area contributed by atoms with Crippen molar-refractivity contribution in [3.05, 3.63) is 12.7 Å². The van der Waals surface area contributed by atoms with Gasteiger partial charge in [0.2, 0.25) is 5.91 Å². The first-order valence-corrected chi connectivity index (χ1v) is 7.45. The highest BCUT2D eigenvalue weighted by Crippen LogP contribution is 2.02. The van der Waals surface area contributed by atoms with Gasteiger partial charge in [-0.2, -0.15) is 8.42 Å². The molecule has 2 N–H and O–H groups in total. The number of likely N-dealkylation sites (N-methyl/N-ethyl adjacent to an activating group) is 1. The van der Waals surface area contributed by atoms with E-state index in [-0.39, 0.29) is 11.7 Å². The molecule has 0 fully saturated rings. The molecule has 7 heteroatoms. The summed E-state index contributed by atoms with van der Waals surface area (Å²) in [6.45, 7) is 5.46. The van der Waals surface area contributed by atoms with Crippen LogP contribution in [0.2, 0.25) is 0 Å². The highest BCUT2D eigenvalue weighted by molar-refractivity contribution is 7.85. The zero-order valence-electron chi connectivity index (χ0n) is 11.1. The van der Waals surface area contributed by atoms with Crippen molar-refractivity contribution in [2.75, 3.05) is 39.5 Å². The van der Waals surface area contributed by atoms with Crippen molar-refractivity contribution in [2.45, 2.75) is 12.8 Å². The maximum Gasteiger partial charge on any atom is 0.264 e. The monoisotopic (exact) mass is 279 g/mol. The Labute approximate surface area is 109 Å². The van der Waals surface area contributed by atoms with E-state index in [0.29, 0.717) is 23.9 Å². The molecule has 0 rings (SSSR count). The quantitative estimate of drug-likeness (QED) is 0.270. The zero-order chi connectivity index (χ0) is 14.2. The summed E-state index contributed by atoms with van der Waals surface area (Å²) in [7, 11) is 0.166. The second-order valence-corrected chi connectivity index (χ2v) is 6.44. The van der Waals surface area contributed by atoms with Gasteiger partial charge in [-0.05, 0) is 18.9 Å². The van der Waals surface area contributed by atoms with Gasteiger partial charge in [0.1, 0.15) is 0 Å². The van der Waals surface area contributed by atoms with Crippen molar-refractivity contribution in [2.24, 2.45) is 0 Å². The molecule has 0 spiro atoms. The number of hydrogen-bond donors (Lipinski definition) is 2. The van der Waals surface area contributed by atoms with E-state index in [0.717, 1.165) is 13.1 Å². The van der Waals surface area contributed by atoms with Crippen molar-refractivity contribution in [1.82, 2.24) is 5.32 Å². The summed E-state index contributed by atoms with van der Waals surface area (Å²) in [5, 5.41) is 2.69. The SMILES string of the molecule is C=CC(=O)NCC[N+](C)(C)CCCCS(=O)(=O)O. The molecule has 1 amide bonds. The van der Waals surface area contributed by atoms with Crippen LogP contribution in [0, 0.1) is 0 Å². The molecular weight excluding hydrogens is 256 g/mol. The lowest BCUT2D eigenvalue weighted by Crippen LogP contribution is -2.45. The summed E-state index contributed by atoms with van der Waals surface area (Å²) >= 11 is 0. The molecule has 0 aromatic carbocycles. The van der Waals surface area contributed by atoms with Crippen LogP contribution in [-0.4, -0.2) is 62.8 Å². The number of unbranched alkanes of at least 4 members (excludes halogenated alkanes) is 1. The molecule has 0 aromatic heterocycles. The molecule has 0 bridgehead atoms. The highest BCUT2D eigenvalue weighted by Gasteiger charge is 2.15. The van der Waals surface area contributed by atoms with Crippen molar-refractivity contribution < 1.29 is 22.2 Å². The van der Waals surface area contributed by atoms with Crippen molar-refractivity contribution in [3.8, 4) is 0 Å². The standard InChI is InChI=1S/C11H22N2O4S/c1-4-11(14)12-7-9-13(2,3)8-5-6-10-18(15,16)17/h4H,1,5-10H2,2-3H3,(H-,12,14,15,16,17)/p+1. The lowest BCUT2D eigenvalue weighted by atomic mass is 10.3. The van der Waals surface area contributed by atoms with Crippen LogP contribution in [0.25, 0.3) is 0 Å². The Morgan fingerprint density at radius 1 is 1.33 bits per heavy atom. The fourth-order valence-corrected chi connectivity index (χ4v) is 2.06. The summed E-state index contributed by atoms with van der Waals surface area (Å²) < 4.78 is 30.3. The van der Waals surface area contributed by atoms with Gasteiger partial charge < -0.3 is 9.80 Å². The molecule has 0 saturated carbocycles. The van der Waals surface area contributed by atoms with Crippen LogP contribution in [0.3, 0.4) is 0 Å². The first kappa shape index (κ1) is 17.1. The average molecular weight is 279 g/mol. The summed E-state index contributed by atoms with van der Waals surface area (Å²) in [5.74, 6) is -0.387. The summed E-state index contributed by atoms with van der Waals surface area (Å²) in [6, 6.07) is 0. The lowest BCUT2D eigenvalue weighted by molar-refractivity contribution is -0.889. The molecule has 0 aliphatic rings.